The zero-order valence-corrected chi connectivity index (χ0v) is 10.2. The van der Waals surface area contributed by atoms with E-state index in [9.17, 15) is 18.0 Å². The Bertz CT molecular complexity index is 449. The predicted octanol–water partition coefficient (Wildman–Crippen LogP) is 2.46. The zero-order chi connectivity index (χ0) is 13.4. The van der Waals surface area contributed by atoms with Crippen molar-refractivity contribution in [3.05, 3.63) is 21.9 Å². The molecule has 0 unspecified atom stereocenters. The molecule has 0 aliphatic carbocycles. The van der Waals surface area contributed by atoms with Gasteiger partial charge in [0.15, 0.2) is 5.78 Å². The van der Waals surface area contributed by atoms with Crippen molar-refractivity contribution in [2.45, 2.75) is 24.6 Å². The van der Waals surface area contributed by atoms with E-state index in [0.29, 0.717) is 13.2 Å². The topological polar surface area (TPSA) is 52.3 Å². The van der Waals surface area contributed by atoms with E-state index in [1.165, 1.54) is 5.38 Å². The van der Waals surface area contributed by atoms with Crippen molar-refractivity contribution in [1.82, 2.24) is 0 Å². The molecule has 2 N–H and O–H groups in total. The lowest BCUT2D eigenvalue weighted by atomic mass is 9.83. The lowest BCUT2D eigenvalue weighted by Gasteiger charge is -2.31. The van der Waals surface area contributed by atoms with Crippen LogP contribution in [-0.2, 0) is 10.9 Å². The van der Waals surface area contributed by atoms with Crippen LogP contribution in [0.1, 0.15) is 28.8 Å². The van der Waals surface area contributed by atoms with E-state index in [0.717, 1.165) is 16.7 Å². The molecule has 1 aromatic rings. The lowest BCUT2D eigenvalue weighted by molar-refractivity contribution is -0.137. The van der Waals surface area contributed by atoms with Crippen molar-refractivity contribution in [3.8, 4) is 0 Å². The summed E-state index contributed by atoms with van der Waals surface area (Å²) in [5.74, 6) is -0.639. The van der Waals surface area contributed by atoms with Gasteiger partial charge >= 0.3 is 6.18 Å². The molecule has 0 amide bonds. The minimum atomic E-state index is -4.52. The first-order valence-corrected chi connectivity index (χ1v) is 6.34. The number of halogens is 3. The Morgan fingerprint density at radius 2 is 1.94 bits per heavy atom. The molecule has 1 aliphatic rings. The fourth-order valence-corrected chi connectivity index (χ4v) is 2.76. The van der Waals surface area contributed by atoms with Crippen molar-refractivity contribution >= 4 is 17.1 Å². The van der Waals surface area contributed by atoms with Crippen molar-refractivity contribution < 1.29 is 22.7 Å². The molecular weight excluding hydrogens is 267 g/mol. The summed E-state index contributed by atoms with van der Waals surface area (Å²) in [6, 6.07) is 0. The fourth-order valence-electron chi connectivity index (χ4n) is 1.92. The Morgan fingerprint density at radius 1 is 1.33 bits per heavy atom. The van der Waals surface area contributed by atoms with E-state index in [1.54, 1.807) is 0 Å². The van der Waals surface area contributed by atoms with Gasteiger partial charge in [-0.15, -0.1) is 0 Å². The van der Waals surface area contributed by atoms with Crippen LogP contribution in [0.2, 0.25) is 0 Å². The summed E-state index contributed by atoms with van der Waals surface area (Å²) in [5, 5.41) is 2.16. The van der Waals surface area contributed by atoms with Gasteiger partial charge in [0.05, 0.1) is 11.1 Å². The summed E-state index contributed by atoms with van der Waals surface area (Å²) >= 11 is 0.856. The summed E-state index contributed by atoms with van der Waals surface area (Å²) in [5.41, 5.74) is 3.46. The first-order chi connectivity index (χ1) is 8.34. The highest BCUT2D eigenvalue weighted by Crippen LogP contribution is 2.36. The standard InChI is InChI=1S/C11H12F3NO2S/c12-11(13,14)8-6-18-5-7(8)9(16)10(15)1-3-17-4-2-10/h5-6H,1-4,15H2. The normalized spacial score (nSPS) is 19.8. The Labute approximate surface area is 106 Å². The molecule has 1 saturated heterocycles. The molecule has 7 heteroatoms. The van der Waals surface area contributed by atoms with Gasteiger partial charge in [0.1, 0.15) is 0 Å². The number of ether oxygens (including phenoxy) is 1. The predicted molar refractivity (Wildman–Crippen MR) is 60.6 cm³/mol. The van der Waals surface area contributed by atoms with Crippen molar-refractivity contribution in [2.24, 2.45) is 5.73 Å². The highest BCUT2D eigenvalue weighted by molar-refractivity contribution is 7.08. The SMILES string of the molecule is NC1(C(=O)c2cscc2C(F)(F)F)CCOCC1. The van der Waals surface area contributed by atoms with Gasteiger partial charge in [0.25, 0.3) is 0 Å². The molecule has 0 bridgehead atoms. The van der Waals surface area contributed by atoms with Gasteiger partial charge in [0.2, 0.25) is 0 Å². The number of carbonyl (C=O) groups excluding carboxylic acids is 1. The second-order valence-electron chi connectivity index (χ2n) is 4.29. The molecule has 100 valence electrons. The van der Waals surface area contributed by atoms with E-state index in [-0.39, 0.29) is 18.4 Å². The van der Waals surface area contributed by atoms with Gasteiger partial charge in [-0.25, -0.2) is 0 Å². The van der Waals surface area contributed by atoms with E-state index in [2.05, 4.69) is 0 Å². The minimum absolute atomic E-state index is 0.249. The summed E-state index contributed by atoms with van der Waals surface area (Å²) in [7, 11) is 0. The summed E-state index contributed by atoms with van der Waals surface area (Å²) in [4.78, 5) is 12.2. The molecule has 1 aliphatic heterocycles. The van der Waals surface area contributed by atoms with Crippen LogP contribution < -0.4 is 5.73 Å². The van der Waals surface area contributed by atoms with Gasteiger partial charge in [-0.05, 0) is 12.8 Å². The maximum atomic E-state index is 12.7. The van der Waals surface area contributed by atoms with Gasteiger partial charge in [-0.3, -0.25) is 4.79 Å². The number of nitrogens with two attached hydrogens (primary N) is 1. The van der Waals surface area contributed by atoms with Crippen LogP contribution in [0.5, 0.6) is 0 Å². The number of hydrogen-bond acceptors (Lipinski definition) is 4. The molecule has 18 heavy (non-hydrogen) atoms. The molecular formula is C11H12F3NO2S. The molecule has 0 atom stereocenters. The first kappa shape index (κ1) is 13.5. The van der Waals surface area contributed by atoms with Crippen LogP contribution in [0, 0.1) is 0 Å². The minimum Gasteiger partial charge on any atom is -0.381 e. The third-order valence-corrected chi connectivity index (χ3v) is 3.79. The molecule has 1 fully saturated rings. The Hall–Kier alpha value is -0.920. The highest BCUT2D eigenvalue weighted by Gasteiger charge is 2.42. The van der Waals surface area contributed by atoms with Crippen molar-refractivity contribution in [2.75, 3.05) is 13.2 Å². The number of Topliss-reactive ketones (excluding diaryl/α,β-unsaturated/α-hetero) is 1. The zero-order valence-electron chi connectivity index (χ0n) is 9.42. The smallest absolute Gasteiger partial charge is 0.381 e. The average Bonchev–Trinajstić information content (AvgIpc) is 2.77. The van der Waals surface area contributed by atoms with Gasteiger partial charge in [-0.2, -0.15) is 24.5 Å². The van der Waals surface area contributed by atoms with E-state index in [1.807, 2.05) is 0 Å². The van der Waals surface area contributed by atoms with Crippen molar-refractivity contribution in [1.29, 1.82) is 0 Å². The number of hydrogen-bond donors (Lipinski definition) is 1. The Morgan fingerprint density at radius 3 is 2.50 bits per heavy atom. The Kier molecular flexibility index (Phi) is 3.48. The second kappa shape index (κ2) is 4.64. The number of alkyl halides is 3. The lowest BCUT2D eigenvalue weighted by Crippen LogP contribution is -2.52. The molecule has 1 aromatic heterocycles. The average molecular weight is 279 g/mol. The third kappa shape index (κ3) is 2.43. The van der Waals surface area contributed by atoms with Crippen molar-refractivity contribution in [3.63, 3.8) is 0 Å². The van der Waals surface area contributed by atoms with Gasteiger partial charge in [-0.1, -0.05) is 0 Å². The molecule has 0 spiro atoms. The summed E-state index contributed by atoms with van der Waals surface area (Å²) in [6.45, 7) is 0.599. The first-order valence-electron chi connectivity index (χ1n) is 5.39. The van der Waals surface area contributed by atoms with Crippen LogP contribution in [-0.4, -0.2) is 24.5 Å². The van der Waals surface area contributed by atoms with Gasteiger partial charge < -0.3 is 10.5 Å². The van der Waals surface area contributed by atoms with E-state index >= 15 is 0 Å². The number of rotatable bonds is 2. The summed E-state index contributed by atoms with van der Waals surface area (Å²) < 4.78 is 43.2. The van der Waals surface area contributed by atoms with Crippen LogP contribution in [0.3, 0.4) is 0 Å². The van der Waals surface area contributed by atoms with E-state index < -0.39 is 23.1 Å². The second-order valence-corrected chi connectivity index (χ2v) is 5.04. The number of ketones is 1. The van der Waals surface area contributed by atoms with Crippen LogP contribution in [0.15, 0.2) is 10.8 Å². The molecule has 3 nitrogen and oxygen atoms in total. The third-order valence-electron chi connectivity index (χ3n) is 3.05. The van der Waals surface area contributed by atoms with Crippen LogP contribution in [0.4, 0.5) is 13.2 Å². The van der Waals surface area contributed by atoms with E-state index in [4.69, 9.17) is 10.5 Å². The molecule has 0 aromatic carbocycles. The summed E-state index contributed by atoms with van der Waals surface area (Å²) in [6.07, 6.45) is -4.02. The number of carbonyl (C=O) groups is 1. The highest BCUT2D eigenvalue weighted by atomic mass is 32.1. The quantitative estimate of drug-likeness (QED) is 0.846. The van der Waals surface area contributed by atoms with Gasteiger partial charge in [0, 0.05) is 29.5 Å². The monoisotopic (exact) mass is 279 g/mol. The maximum absolute atomic E-state index is 12.7. The largest absolute Gasteiger partial charge is 0.417 e. The van der Waals surface area contributed by atoms with Crippen LogP contribution in [0.25, 0.3) is 0 Å². The maximum Gasteiger partial charge on any atom is 0.417 e. The number of thiophene rings is 1. The molecule has 0 radical (unpaired) electrons. The molecule has 2 heterocycles. The Balaban J connectivity index is 2.32. The molecule has 2 rings (SSSR count). The fraction of sp³-hybridized carbons (Fsp3) is 0.545. The van der Waals surface area contributed by atoms with Crippen LogP contribution >= 0.6 is 11.3 Å². The molecule has 0 saturated carbocycles.